The van der Waals surface area contributed by atoms with E-state index < -0.39 is 36.8 Å². The molecule has 1 N–H and O–H groups in total. The third-order valence-electron chi connectivity index (χ3n) is 6.67. The lowest BCUT2D eigenvalue weighted by atomic mass is 9.95. The van der Waals surface area contributed by atoms with Gasteiger partial charge in [-0.2, -0.15) is 0 Å². The molecule has 3 aromatic rings. The quantitative estimate of drug-likeness (QED) is 0.161. The van der Waals surface area contributed by atoms with Gasteiger partial charge in [0.15, 0.2) is 17.2 Å². The molecule has 0 saturated heterocycles. The van der Waals surface area contributed by atoms with Crippen LogP contribution in [0.15, 0.2) is 66.9 Å². The van der Waals surface area contributed by atoms with Crippen LogP contribution in [-0.2, 0) is 41.6 Å². The van der Waals surface area contributed by atoms with E-state index in [4.69, 9.17) is 28.4 Å². The number of benzene rings is 2. The minimum absolute atomic E-state index is 0.0782. The van der Waals surface area contributed by atoms with Crippen LogP contribution in [0.3, 0.4) is 0 Å². The molecule has 0 aliphatic rings. The number of carbonyl (C=O) groups excluding carboxylic acids is 3. The number of amides is 1. The molecule has 0 aliphatic heterocycles. The fourth-order valence-electron chi connectivity index (χ4n) is 4.17. The lowest BCUT2D eigenvalue weighted by Crippen LogP contribution is -2.42. The maximum absolute atomic E-state index is 13.5. The first-order chi connectivity index (χ1) is 21.7. The van der Waals surface area contributed by atoms with E-state index in [-0.39, 0.29) is 42.1 Å². The van der Waals surface area contributed by atoms with E-state index in [0.717, 1.165) is 11.1 Å². The Hall–Kier alpha value is -4.55. The molecule has 0 fully saturated rings. The number of halogens is 1. The summed E-state index contributed by atoms with van der Waals surface area (Å²) in [6.45, 7) is 5.17. The number of nitrogens with zero attached hydrogens (tertiary/aromatic N) is 1. The SMILES string of the molecule is CCOCC(=O)OCOc1c(OC)ccnc1C(=O)N[C@@H](C)C(=O)O[C@@H](C)[C@@H](COCc1ccccc1)Cc1ccc(F)cc1. The van der Waals surface area contributed by atoms with Crippen molar-refractivity contribution in [1.29, 1.82) is 0 Å². The summed E-state index contributed by atoms with van der Waals surface area (Å²) in [5.74, 6) is -2.60. The second kappa shape index (κ2) is 18.3. The van der Waals surface area contributed by atoms with Crippen molar-refractivity contribution in [1.82, 2.24) is 10.3 Å². The van der Waals surface area contributed by atoms with Gasteiger partial charge in [-0.25, -0.2) is 19.0 Å². The number of methoxy groups -OCH3 is 1. The van der Waals surface area contributed by atoms with E-state index in [1.165, 1.54) is 38.4 Å². The Morgan fingerprint density at radius 1 is 0.956 bits per heavy atom. The molecule has 3 atom stereocenters. The molecule has 1 amide bonds. The van der Waals surface area contributed by atoms with E-state index in [1.54, 1.807) is 26.0 Å². The van der Waals surface area contributed by atoms with Gasteiger partial charge in [-0.3, -0.25) is 4.79 Å². The van der Waals surface area contributed by atoms with E-state index in [2.05, 4.69) is 10.3 Å². The molecule has 11 nitrogen and oxygen atoms in total. The van der Waals surface area contributed by atoms with E-state index in [0.29, 0.717) is 19.6 Å². The number of aromatic nitrogens is 1. The summed E-state index contributed by atoms with van der Waals surface area (Å²) in [6, 6.07) is 16.2. The molecule has 0 aliphatic carbocycles. The fourth-order valence-corrected chi connectivity index (χ4v) is 4.17. The third-order valence-corrected chi connectivity index (χ3v) is 6.67. The Labute approximate surface area is 261 Å². The minimum atomic E-state index is -1.07. The number of ether oxygens (including phenoxy) is 6. The van der Waals surface area contributed by atoms with Gasteiger partial charge in [0.05, 0.1) is 20.3 Å². The van der Waals surface area contributed by atoms with Crippen LogP contribution in [0.1, 0.15) is 42.4 Å². The molecule has 3 rings (SSSR count). The molecule has 0 spiro atoms. The molecule has 12 heteroatoms. The zero-order valence-corrected chi connectivity index (χ0v) is 25.8. The summed E-state index contributed by atoms with van der Waals surface area (Å²) in [7, 11) is 1.37. The van der Waals surface area contributed by atoms with Crippen LogP contribution in [0.5, 0.6) is 11.5 Å². The van der Waals surface area contributed by atoms with Gasteiger partial charge in [-0.05, 0) is 50.5 Å². The molecular formula is C33H39FN2O9. The van der Waals surface area contributed by atoms with Gasteiger partial charge in [-0.1, -0.05) is 42.5 Å². The molecule has 1 heterocycles. The van der Waals surface area contributed by atoms with Gasteiger partial charge >= 0.3 is 11.9 Å². The number of pyridine rings is 1. The number of esters is 2. The standard InChI is InChI=1S/C33H39FN2O9/c1-5-41-20-29(37)43-21-44-31-28(40-4)15-16-35-30(31)32(38)36-22(2)33(39)45-23(3)26(17-24-11-13-27(34)14-12-24)19-42-18-25-9-7-6-8-10-25/h6-16,22-23,26H,5,17-21H2,1-4H3,(H,36,38)/t22-,23-,26+/m0/s1. The lowest BCUT2D eigenvalue weighted by Gasteiger charge is -2.26. The van der Waals surface area contributed by atoms with Crippen LogP contribution in [0.25, 0.3) is 0 Å². The van der Waals surface area contributed by atoms with Gasteiger partial charge in [0.2, 0.25) is 6.79 Å². The van der Waals surface area contributed by atoms with Crippen molar-refractivity contribution >= 4 is 17.8 Å². The first-order valence-corrected chi connectivity index (χ1v) is 14.5. The molecule has 0 radical (unpaired) electrons. The second-order valence-electron chi connectivity index (χ2n) is 10.0. The number of hydrogen-bond donors (Lipinski definition) is 1. The summed E-state index contributed by atoms with van der Waals surface area (Å²) in [6.07, 6.45) is 1.19. The highest BCUT2D eigenvalue weighted by atomic mass is 19.1. The molecule has 2 aromatic carbocycles. The van der Waals surface area contributed by atoms with E-state index in [1.807, 2.05) is 30.3 Å². The summed E-state index contributed by atoms with van der Waals surface area (Å²) >= 11 is 0. The van der Waals surface area contributed by atoms with Gasteiger partial charge in [-0.15, -0.1) is 0 Å². The number of nitrogens with one attached hydrogen (secondary N) is 1. The largest absolute Gasteiger partial charge is 0.493 e. The van der Waals surface area contributed by atoms with Crippen LogP contribution < -0.4 is 14.8 Å². The van der Waals surface area contributed by atoms with Gasteiger partial charge in [0.1, 0.15) is 24.6 Å². The first-order valence-electron chi connectivity index (χ1n) is 14.5. The monoisotopic (exact) mass is 626 g/mol. The number of hydrogen-bond acceptors (Lipinski definition) is 10. The highest BCUT2D eigenvalue weighted by molar-refractivity contribution is 5.98. The van der Waals surface area contributed by atoms with E-state index in [9.17, 15) is 18.8 Å². The topological polar surface area (TPSA) is 132 Å². The Morgan fingerprint density at radius 3 is 2.38 bits per heavy atom. The van der Waals surface area contributed by atoms with Crippen LogP contribution >= 0.6 is 0 Å². The molecule has 242 valence electrons. The highest BCUT2D eigenvalue weighted by Crippen LogP contribution is 2.29. The smallest absolute Gasteiger partial charge is 0.334 e. The van der Waals surface area contributed by atoms with Crippen molar-refractivity contribution in [2.75, 3.05) is 33.7 Å². The predicted molar refractivity (Wildman–Crippen MR) is 161 cm³/mol. The minimum Gasteiger partial charge on any atom is -0.493 e. The summed E-state index contributed by atoms with van der Waals surface area (Å²) in [5, 5.41) is 2.57. The van der Waals surface area contributed by atoms with Gasteiger partial charge < -0.3 is 33.7 Å². The van der Waals surface area contributed by atoms with Crippen molar-refractivity contribution in [3.63, 3.8) is 0 Å². The average Bonchev–Trinajstić information content (AvgIpc) is 3.04. The Morgan fingerprint density at radius 2 is 1.69 bits per heavy atom. The van der Waals surface area contributed by atoms with Crippen LogP contribution in [0.4, 0.5) is 4.39 Å². The number of rotatable bonds is 18. The van der Waals surface area contributed by atoms with Crippen LogP contribution in [0.2, 0.25) is 0 Å². The average molecular weight is 627 g/mol. The van der Waals surface area contributed by atoms with Crippen molar-refractivity contribution in [3.05, 3.63) is 89.5 Å². The lowest BCUT2D eigenvalue weighted by molar-refractivity contribution is -0.155. The Balaban J connectivity index is 1.63. The second-order valence-corrected chi connectivity index (χ2v) is 10.0. The summed E-state index contributed by atoms with van der Waals surface area (Å²) < 4.78 is 45.9. The van der Waals surface area contributed by atoms with E-state index >= 15 is 0 Å². The molecule has 0 bridgehead atoms. The maximum Gasteiger partial charge on any atom is 0.334 e. The van der Waals surface area contributed by atoms with Gasteiger partial charge in [0, 0.05) is 24.8 Å². The number of carbonyl (C=O) groups is 3. The van der Waals surface area contributed by atoms with Crippen molar-refractivity contribution in [2.24, 2.45) is 5.92 Å². The zero-order valence-electron chi connectivity index (χ0n) is 25.8. The Bertz CT molecular complexity index is 1370. The summed E-state index contributed by atoms with van der Waals surface area (Å²) in [4.78, 5) is 42.0. The summed E-state index contributed by atoms with van der Waals surface area (Å²) in [5.41, 5.74) is 1.66. The van der Waals surface area contributed by atoms with Crippen molar-refractivity contribution in [3.8, 4) is 11.5 Å². The van der Waals surface area contributed by atoms with Crippen LogP contribution in [-0.4, -0.2) is 68.7 Å². The zero-order chi connectivity index (χ0) is 32.6. The fraction of sp³-hybridized carbons (Fsp3) is 0.394. The molecule has 45 heavy (non-hydrogen) atoms. The first kappa shape index (κ1) is 34.9. The van der Waals surface area contributed by atoms with Gasteiger partial charge in [0.25, 0.3) is 5.91 Å². The Kier molecular flexibility index (Phi) is 14.2. The molecule has 0 unspecified atom stereocenters. The van der Waals surface area contributed by atoms with Crippen molar-refractivity contribution in [2.45, 2.75) is 45.9 Å². The third kappa shape index (κ3) is 11.5. The van der Waals surface area contributed by atoms with Crippen LogP contribution in [0, 0.1) is 11.7 Å². The molecular weight excluding hydrogens is 587 g/mol. The maximum atomic E-state index is 13.5. The highest BCUT2D eigenvalue weighted by Gasteiger charge is 2.28. The predicted octanol–water partition coefficient (Wildman–Crippen LogP) is 4.27. The normalized spacial score (nSPS) is 12.8. The molecule has 1 aromatic heterocycles. The molecule has 0 saturated carbocycles. The van der Waals surface area contributed by atoms with Crippen molar-refractivity contribution < 1.29 is 47.2 Å².